The van der Waals surface area contributed by atoms with E-state index in [4.69, 9.17) is 4.74 Å². The molecule has 1 fully saturated rings. The average Bonchev–Trinajstić information content (AvgIpc) is 2.59. The fourth-order valence-corrected chi connectivity index (χ4v) is 3.22. The van der Waals surface area contributed by atoms with E-state index in [2.05, 4.69) is 25.2 Å². The van der Waals surface area contributed by atoms with E-state index < -0.39 is 0 Å². The minimum absolute atomic E-state index is 0.102. The molecule has 4 nitrogen and oxygen atoms in total. The summed E-state index contributed by atoms with van der Waals surface area (Å²) in [6, 6.07) is 8.06. The van der Waals surface area contributed by atoms with Crippen LogP contribution < -0.4 is 10.1 Å². The number of benzene rings is 1. The predicted octanol–water partition coefficient (Wildman–Crippen LogP) is 3.04. The Morgan fingerprint density at radius 1 is 1.43 bits per heavy atom. The van der Waals surface area contributed by atoms with Crippen molar-refractivity contribution in [3.8, 4) is 5.75 Å². The first-order chi connectivity index (χ1) is 11.2. The highest BCUT2D eigenvalue weighted by Crippen LogP contribution is 2.28. The van der Waals surface area contributed by atoms with Crippen LogP contribution in [0, 0.1) is 5.92 Å². The van der Waals surface area contributed by atoms with Crippen molar-refractivity contribution in [1.29, 1.82) is 0 Å². The Bertz CT molecular complexity index is 502. The molecule has 1 amide bonds. The third kappa shape index (κ3) is 4.96. The summed E-state index contributed by atoms with van der Waals surface area (Å²) in [5.74, 6) is 1.95. The summed E-state index contributed by atoms with van der Waals surface area (Å²) in [7, 11) is 1.97. The van der Waals surface area contributed by atoms with Crippen molar-refractivity contribution in [3.05, 3.63) is 29.8 Å². The Morgan fingerprint density at radius 3 is 2.96 bits per heavy atom. The number of ether oxygens (including phenoxy) is 1. The van der Waals surface area contributed by atoms with E-state index in [9.17, 15) is 4.79 Å². The molecule has 0 aromatic heterocycles. The standard InChI is InChI=1S/C19H30N2O2/c1-4-15(2)17-9-5-6-10-18(17)23-14-19(22)21-11-7-8-16(13-21)12-20-3/h5-6,9-10,15-16,20H,4,7-8,11-14H2,1-3H3. The van der Waals surface area contributed by atoms with Gasteiger partial charge in [0, 0.05) is 13.1 Å². The minimum atomic E-state index is 0.102. The molecule has 1 heterocycles. The number of amides is 1. The number of hydrogen-bond acceptors (Lipinski definition) is 3. The quantitative estimate of drug-likeness (QED) is 0.840. The fraction of sp³-hybridized carbons (Fsp3) is 0.632. The fourth-order valence-electron chi connectivity index (χ4n) is 3.22. The first kappa shape index (κ1) is 17.8. The lowest BCUT2D eigenvalue weighted by Gasteiger charge is -2.32. The molecular formula is C19H30N2O2. The molecule has 0 radical (unpaired) electrons. The van der Waals surface area contributed by atoms with Gasteiger partial charge in [-0.25, -0.2) is 0 Å². The molecule has 1 N–H and O–H groups in total. The normalized spacial score (nSPS) is 19.4. The van der Waals surface area contributed by atoms with Gasteiger partial charge in [-0.3, -0.25) is 4.79 Å². The zero-order valence-corrected chi connectivity index (χ0v) is 14.7. The van der Waals surface area contributed by atoms with Crippen molar-refractivity contribution in [2.75, 3.05) is 33.3 Å². The van der Waals surface area contributed by atoms with Gasteiger partial charge in [0.1, 0.15) is 5.75 Å². The number of hydrogen-bond donors (Lipinski definition) is 1. The van der Waals surface area contributed by atoms with Crippen molar-refractivity contribution in [1.82, 2.24) is 10.2 Å². The lowest BCUT2D eigenvalue weighted by atomic mass is 9.97. The molecule has 0 spiro atoms. The van der Waals surface area contributed by atoms with Gasteiger partial charge in [0.25, 0.3) is 5.91 Å². The Morgan fingerprint density at radius 2 is 2.22 bits per heavy atom. The summed E-state index contributed by atoms with van der Waals surface area (Å²) < 4.78 is 5.86. The minimum Gasteiger partial charge on any atom is -0.483 e. The van der Waals surface area contributed by atoms with Crippen LogP contribution in [0.4, 0.5) is 0 Å². The number of nitrogens with one attached hydrogen (secondary N) is 1. The van der Waals surface area contributed by atoms with E-state index in [0.29, 0.717) is 11.8 Å². The Hall–Kier alpha value is -1.55. The van der Waals surface area contributed by atoms with Crippen molar-refractivity contribution >= 4 is 5.91 Å². The smallest absolute Gasteiger partial charge is 0.260 e. The zero-order chi connectivity index (χ0) is 16.7. The third-order valence-electron chi connectivity index (χ3n) is 4.78. The molecule has 23 heavy (non-hydrogen) atoms. The second-order valence-electron chi connectivity index (χ2n) is 6.54. The summed E-state index contributed by atoms with van der Waals surface area (Å²) in [5, 5.41) is 3.21. The Balaban J connectivity index is 1.92. The lowest BCUT2D eigenvalue weighted by Crippen LogP contribution is -2.44. The monoisotopic (exact) mass is 318 g/mol. The molecular weight excluding hydrogens is 288 g/mol. The molecule has 1 aliphatic rings. The molecule has 1 saturated heterocycles. The van der Waals surface area contributed by atoms with Crippen LogP contribution >= 0.6 is 0 Å². The first-order valence-corrected chi connectivity index (χ1v) is 8.79. The third-order valence-corrected chi connectivity index (χ3v) is 4.78. The summed E-state index contributed by atoms with van der Waals surface area (Å²) in [6.07, 6.45) is 3.34. The Kier molecular flexibility index (Phi) is 6.90. The molecule has 0 aliphatic carbocycles. The second kappa shape index (κ2) is 8.92. The number of likely N-dealkylation sites (tertiary alicyclic amines) is 1. The zero-order valence-electron chi connectivity index (χ0n) is 14.7. The predicted molar refractivity (Wildman–Crippen MR) is 93.9 cm³/mol. The lowest BCUT2D eigenvalue weighted by molar-refractivity contribution is -0.135. The van der Waals surface area contributed by atoms with Gasteiger partial charge in [0.15, 0.2) is 6.61 Å². The van der Waals surface area contributed by atoms with Crippen LogP contribution in [0.25, 0.3) is 0 Å². The number of carbonyl (C=O) groups excluding carboxylic acids is 1. The molecule has 0 saturated carbocycles. The highest BCUT2D eigenvalue weighted by Gasteiger charge is 2.23. The molecule has 1 aromatic carbocycles. The van der Waals surface area contributed by atoms with E-state index in [-0.39, 0.29) is 12.5 Å². The van der Waals surface area contributed by atoms with Gasteiger partial charge < -0.3 is 15.0 Å². The van der Waals surface area contributed by atoms with Gasteiger partial charge in [0.05, 0.1) is 0 Å². The molecule has 2 unspecified atom stereocenters. The maximum absolute atomic E-state index is 12.5. The van der Waals surface area contributed by atoms with Gasteiger partial charge in [-0.15, -0.1) is 0 Å². The maximum Gasteiger partial charge on any atom is 0.260 e. The summed E-state index contributed by atoms with van der Waals surface area (Å²) in [4.78, 5) is 14.4. The Labute approximate surface area is 140 Å². The van der Waals surface area contributed by atoms with Crippen molar-refractivity contribution < 1.29 is 9.53 Å². The number of rotatable bonds is 7. The van der Waals surface area contributed by atoms with Crippen LogP contribution in [0.15, 0.2) is 24.3 Å². The van der Waals surface area contributed by atoms with E-state index >= 15 is 0 Å². The number of carbonyl (C=O) groups is 1. The molecule has 4 heteroatoms. The summed E-state index contributed by atoms with van der Waals surface area (Å²) in [6.45, 7) is 7.17. The molecule has 2 atom stereocenters. The summed E-state index contributed by atoms with van der Waals surface area (Å²) in [5.41, 5.74) is 1.19. The van der Waals surface area contributed by atoms with E-state index in [1.165, 1.54) is 12.0 Å². The topological polar surface area (TPSA) is 41.6 Å². The van der Waals surface area contributed by atoms with Gasteiger partial charge >= 0.3 is 0 Å². The van der Waals surface area contributed by atoms with E-state index in [1.807, 2.05) is 30.1 Å². The van der Waals surface area contributed by atoms with Crippen LogP contribution in [0.2, 0.25) is 0 Å². The van der Waals surface area contributed by atoms with E-state index in [0.717, 1.165) is 38.2 Å². The largest absolute Gasteiger partial charge is 0.483 e. The number of para-hydroxylation sites is 1. The first-order valence-electron chi connectivity index (χ1n) is 8.79. The molecule has 1 aliphatic heterocycles. The second-order valence-corrected chi connectivity index (χ2v) is 6.54. The number of nitrogens with zero attached hydrogens (tertiary/aromatic N) is 1. The highest BCUT2D eigenvalue weighted by molar-refractivity contribution is 5.78. The molecule has 1 aromatic rings. The van der Waals surface area contributed by atoms with Crippen LogP contribution in [0.3, 0.4) is 0 Å². The van der Waals surface area contributed by atoms with Crippen molar-refractivity contribution in [2.45, 2.75) is 39.0 Å². The van der Waals surface area contributed by atoms with Crippen LogP contribution in [-0.4, -0.2) is 44.1 Å². The highest BCUT2D eigenvalue weighted by atomic mass is 16.5. The maximum atomic E-state index is 12.5. The van der Waals surface area contributed by atoms with Crippen LogP contribution in [0.5, 0.6) is 5.75 Å². The van der Waals surface area contributed by atoms with Gasteiger partial charge in [0.2, 0.25) is 0 Å². The number of piperidine rings is 1. The van der Waals surface area contributed by atoms with Crippen LogP contribution in [0.1, 0.15) is 44.6 Å². The summed E-state index contributed by atoms with van der Waals surface area (Å²) >= 11 is 0. The van der Waals surface area contributed by atoms with E-state index in [1.54, 1.807) is 0 Å². The average molecular weight is 318 g/mol. The molecule has 0 bridgehead atoms. The van der Waals surface area contributed by atoms with Gasteiger partial charge in [-0.05, 0) is 56.3 Å². The molecule has 128 valence electrons. The SMILES string of the molecule is CCC(C)c1ccccc1OCC(=O)N1CCCC(CNC)C1. The van der Waals surface area contributed by atoms with Crippen LogP contribution in [-0.2, 0) is 4.79 Å². The molecule has 2 rings (SSSR count). The van der Waals surface area contributed by atoms with Crippen molar-refractivity contribution in [3.63, 3.8) is 0 Å². The van der Waals surface area contributed by atoms with Gasteiger partial charge in [-0.1, -0.05) is 32.0 Å². The van der Waals surface area contributed by atoms with Crippen molar-refractivity contribution in [2.24, 2.45) is 5.92 Å². The van der Waals surface area contributed by atoms with Gasteiger partial charge in [-0.2, -0.15) is 0 Å².